The van der Waals surface area contributed by atoms with Crippen LogP contribution in [0.5, 0.6) is 0 Å². The van der Waals surface area contributed by atoms with Crippen LogP contribution >= 0.6 is 23.2 Å². The number of benzene rings is 2. The average molecular weight is 294 g/mol. The lowest BCUT2D eigenvalue weighted by molar-refractivity contribution is 0.0940. The Kier molecular flexibility index (Phi) is 4.46. The summed E-state index contributed by atoms with van der Waals surface area (Å²) in [7, 11) is 0. The molecule has 0 spiro atoms. The van der Waals surface area contributed by atoms with Crippen molar-refractivity contribution < 1.29 is 4.79 Å². The van der Waals surface area contributed by atoms with E-state index in [1.807, 2.05) is 37.3 Å². The third-order valence-corrected chi connectivity index (χ3v) is 3.47. The first-order chi connectivity index (χ1) is 9.09. The molecule has 1 N–H and O–H groups in total. The zero-order chi connectivity index (χ0) is 13.8. The minimum atomic E-state index is -0.271. The van der Waals surface area contributed by atoms with Crippen LogP contribution in [-0.4, -0.2) is 5.91 Å². The fraction of sp³-hybridized carbons (Fsp3) is 0.133. The molecule has 2 aromatic carbocycles. The van der Waals surface area contributed by atoms with Gasteiger partial charge in [-0.3, -0.25) is 4.79 Å². The predicted octanol–water partition coefficient (Wildman–Crippen LogP) is 4.48. The molecule has 0 saturated heterocycles. The van der Waals surface area contributed by atoms with E-state index >= 15 is 0 Å². The maximum absolute atomic E-state index is 12.2. The summed E-state index contributed by atoms with van der Waals surface area (Å²) in [6, 6.07) is 14.6. The SMILES string of the molecule is CC(NC(=O)c1c(Cl)cccc1Cl)c1ccccc1. The van der Waals surface area contributed by atoms with Crippen LogP contribution in [0.4, 0.5) is 0 Å². The van der Waals surface area contributed by atoms with Gasteiger partial charge < -0.3 is 5.32 Å². The topological polar surface area (TPSA) is 29.1 Å². The van der Waals surface area contributed by atoms with Crippen LogP contribution in [0.15, 0.2) is 48.5 Å². The van der Waals surface area contributed by atoms with Gasteiger partial charge in [-0.1, -0.05) is 59.6 Å². The van der Waals surface area contributed by atoms with E-state index in [1.54, 1.807) is 18.2 Å². The molecule has 0 aromatic heterocycles. The molecule has 1 atom stereocenters. The second kappa shape index (κ2) is 6.09. The average Bonchev–Trinajstić information content (AvgIpc) is 2.39. The lowest BCUT2D eigenvalue weighted by atomic mass is 10.1. The predicted molar refractivity (Wildman–Crippen MR) is 78.8 cm³/mol. The fourth-order valence-corrected chi connectivity index (χ4v) is 2.38. The molecule has 1 unspecified atom stereocenters. The smallest absolute Gasteiger partial charge is 0.254 e. The first kappa shape index (κ1) is 13.9. The quantitative estimate of drug-likeness (QED) is 0.888. The van der Waals surface area contributed by atoms with Crippen molar-refractivity contribution in [2.24, 2.45) is 0 Å². The van der Waals surface area contributed by atoms with E-state index in [0.29, 0.717) is 15.6 Å². The summed E-state index contributed by atoms with van der Waals surface area (Å²) in [6.07, 6.45) is 0. The summed E-state index contributed by atoms with van der Waals surface area (Å²) in [5.41, 5.74) is 1.34. The first-order valence-corrected chi connectivity index (χ1v) is 6.65. The van der Waals surface area contributed by atoms with Crippen LogP contribution in [0.2, 0.25) is 10.0 Å². The van der Waals surface area contributed by atoms with Crippen molar-refractivity contribution in [1.82, 2.24) is 5.32 Å². The largest absolute Gasteiger partial charge is 0.345 e. The maximum Gasteiger partial charge on any atom is 0.254 e. The van der Waals surface area contributed by atoms with Crippen LogP contribution in [-0.2, 0) is 0 Å². The molecule has 0 bridgehead atoms. The highest BCUT2D eigenvalue weighted by atomic mass is 35.5. The van der Waals surface area contributed by atoms with Crippen LogP contribution < -0.4 is 5.32 Å². The van der Waals surface area contributed by atoms with E-state index in [2.05, 4.69) is 5.32 Å². The molecule has 2 aromatic rings. The van der Waals surface area contributed by atoms with Crippen LogP contribution in [0, 0.1) is 0 Å². The van der Waals surface area contributed by atoms with Crippen molar-refractivity contribution in [3.05, 3.63) is 69.7 Å². The zero-order valence-corrected chi connectivity index (χ0v) is 11.9. The van der Waals surface area contributed by atoms with Gasteiger partial charge in [-0.2, -0.15) is 0 Å². The number of hydrogen-bond acceptors (Lipinski definition) is 1. The molecule has 0 aliphatic carbocycles. The molecule has 0 saturated carbocycles. The molecule has 0 radical (unpaired) electrons. The van der Waals surface area contributed by atoms with Crippen molar-refractivity contribution in [2.45, 2.75) is 13.0 Å². The lowest BCUT2D eigenvalue weighted by Crippen LogP contribution is -2.27. The van der Waals surface area contributed by atoms with E-state index in [9.17, 15) is 4.79 Å². The zero-order valence-electron chi connectivity index (χ0n) is 10.4. The Bertz CT molecular complexity index is 564. The first-order valence-electron chi connectivity index (χ1n) is 5.89. The number of carbonyl (C=O) groups is 1. The minimum absolute atomic E-state index is 0.110. The van der Waals surface area contributed by atoms with Gasteiger partial charge in [0.05, 0.1) is 21.7 Å². The van der Waals surface area contributed by atoms with Gasteiger partial charge in [0.1, 0.15) is 0 Å². The summed E-state index contributed by atoms with van der Waals surface area (Å²) >= 11 is 12.0. The fourth-order valence-electron chi connectivity index (χ4n) is 1.81. The van der Waals surface area contributed by atoms with Crippen molar-refractivity contribution in [3.8, 4) is 0 Å². The lowest BCUT2D eigenvalue weighted by Gasteiger charge is -2.15. The van der Waals surface area contributed by atoms with Gasteiger partial charge in [0.2, 0.25) is 0 Å². The Morgan fingerprint density at radius 3 is 2.16 bits per heavy atom. The van der Waals surface area contributed by atoms with Crippen molar-refractivity contribution in [1.29, 1.82) is 0 Å². The van der Waals surface area contributed by atoms with Gasteiger partial charge in [-0.15, -0.1) is 0 Å². The molecule has 0 heterocycles. The second-order valence-corrected chi connectivity index (χ2v) is 5.02. The third kappa shape index (κ3) is 3.28. The van der Waals surface area contributed by atoms with Crippen molar-refractivity contribution >= 4 is 29.1 Å². The highest BCUT2D eigenvalue weighted by Crippen LogP contribution is 2.25. The van der Waals surface area contributed by atoms with E-state index in [-0.39, 0.29) is 11.9 Å². The highest BCUT2D eigenvalue weighted by Gasteiger charge is 2.16. The standard InChI is InChI=1S/C15H13Cl2NO/c1-10(11-6-3-2-4-7-11)18-15(19)14-12(16)8-5-9-13(14)17/h2-10H,1H3,(H,18,19). The van der Waals surface area contributed by atoms with E-state index in [4.69, 9.17) is 23.2 Å². The normalized spacial score (nSPS) is 11.9. The number of carbonyl (C=O) groups excluding carboxylic acids is 1. The Morgan fingerprint density at radius 1 is 1.00 bits per heavy atom. The van der Waals surface area contributed by atoms with Crippen LogP contribution in [0.25, 0.3) is 0 Å². The summed E-state index contributed by atoms with van der Waals surface area (Å²) in [5.74, 6) is -0.271. The Labute approximate surface area is 122 Å². The monoisotopic (exact) mass is 293 g/mol. The number of amides is 1. The van der Waals surface area contributed by atoms with Gasteiger partial charge in [-0.05, 0) is 24.6 Å². The van der Waals surface area contributed by atoms with E-state index in [0.717, 1.165) is 5.56 Å². The Balaban J connectivity index is 2.18. The molecule has 1 amide bonds. The van der Waals surface area contributed by atoms with Crippen molar-refractivity contribution in [2.75, 3.05) is 0 Å². The molecule has 0 fully saturated rings. The molecule has 0 aliphatic heterocycles. The molecular weight excluding hydrogens is 281 g/mol. The molecule has 98 valence electrons. The summed E-state index contributed by atoms with van der Waals surface area (Å²) < 4.78 is 0. The van der Waals surface area contributed by atoms with E-state index in [1.165, 1.54) is 0 Å². The summed E-state index contributed by atoms with van der Waals surface area (Å²) in [4.78, 5) is 12.2. The number of rotatable bonds is 3. The van der Waals surface area contributed by atoms with Crippen LogP contribution in [0.3, 0.4) is 0 Å². The van der Waals surface area contributed by atoms with Gasteiger partial charge in [0.25, 0.3) is 5.91 Å². The Hall–Kier alpha value is -1.51. The number of nitrogens with one attached hydrogen (secondary N) is 1. The second-order valence-electron chi connectivity index (χ2n) is 4.20. The molecule has 19 heavy (non-hydrogen) atoms. The molecule has 2 nitrogen and oxygen atoms in total. The number of halogens is 2. The molecule has 4 heteroatoms. The van der Waals surface area contributed by atoms with Gasteiger partial charge in [0, 0.05) is 0 Å². The minimum Gasteiger partial charge on any atom is -0.345 e. The molecule has 0 aliphatic rings. The van der Waals surface area contributed by atoms with Gasteiger partial charge in [-0.25, -0.2) is 0 Å². The molecular formula is C15H13Cl2NO. The highest BCUT2D eigenvalue weighted by molar-refractivity contribution is 6.39. The van der Waals surface area contributed by atoms with Crippen molar-refractivity contribution in [3.63, 3.8) is 0 Å². The maximum atomic E-state index is 12.2. The number of hydrogen-bond donors (Lipinski definition) is 1. The van der Waals surface area contributed by atoms with Gasteiger partial charge in [0.15, 0.2) is 0 Å². The third-order valence-electron chi connectivity index (χ3n) is 2.84. The summed E-state index contributed by atoms with van der Waals surface area (Å²) in [6.45, 7) is 1.91. The molecule has 2 rings (SSSR count). The Morgan fingerprint density at radius 2 is 1.58 bits per heavy atom. The van der Waals surface area contributed by atoms with Crippen LogP contribution in [0.1, 0.15) is 28.9 Å². The van der Waals surface area contributed by atoms with E-state index < -0.39 is 0 Å². The van der Waals surface area contributed by atoms with Gasteiger partial charge >= 0.3 is 0 Å². The summed E-state index contributed by atoms with van der Waals surface area (Å²) in [5, 5.41) is 3.59.